The first-order chi connectivity index (χ1) is 9.63. The van der Waals surface area contributed by atoms with E-state index in [9.17, 15) is 0 Å². The first-order valence-corrected chi connectivity index (χ1v) is 8.12. The molecule has 1 N–H and O–H groups in total. The highest BCUT2D eigenvalue weighted by Gasteiger charge is 2.38. The van der Waals surface area contributed by atoms with Crippen molar-refractivity contribution in [1.29, 1.82) is 0 Å². The molecule has 108 valence electrons. The summed E-state index contributed by atoms with van der Waals surface area (Å²) in [5, 5.41) is 0. The van der Waals surface area contributed by atoms with E-state index in [2.05, 4.69) is 44.0 Å². The average molecular weight is 270 g/mol. The van der Waals surface area contributed by atoms with E-state index in [0.717, 1.165) is 17.9 Å². The van der Waals surface area contributed by atoms with Gasteiger partial charge in [-0.1, -0.05) is 39.7 Å². The SMILES string of the molecule is CCc1ccc2nc(C3(CC(C)C)CCCC3)[nH]c2c1. The maximum absolute atomic E-state index is 4.94. The maximum atomic E-state index is 4.94. The highest BCUT2D eigenvalue weighted by atomic mass is 14.9. The van der Waals surface area contributed by atoms with E-state index in [-0.39, 0.29) is 0 Å². The Labute approximate surface area is 122 Å². The fourth-order valence-electron chi connectivity index (χ4n) is 3.90. The van der Waals surface area contributed by atoms with Crippen molar-refractivity contribution in [2.45, 2.75) is 64.7 Å². The molecule has 1 fully saturated rings. The maximum Gasteiger partial charge on any atom is 0.113 e. The van der Waals surface area contributed by atoms with Gasteiger partial charge >= 0.3 is 0 Å². The van der Waals surface area contributed by atoms with Gasteiger partial charge in [-0.15, -0.1) is 0 Å². The minimum atomic E-state index is 0.305. The third kappa shape index (κ3) is 2.36. The summed E-state index contributed by atoms with van der Waals surface area (Å²) in [4.78, 5) is 8.59. The van der Waals surface area contributed by atoms with E-state index in [4.69, 9.17) is 4.98 Å². The van der Waals surface area contributed by atoms with Crippen molar-refractivity contribution >= 4 is 11.0 Å². The smallest absolute Gasteiger partial charge is 0.113 e. The molecule has 0 radical (unpaired) electrons. The lowest BCUT2D eigenvalue weighted by Crippen LogP contribution is -2.25. The molecule has 0 spiro atoms. The molecule has 1 aliphatic rings. The number of rotatable bonds is 4. The molecule has 0 atom stereocenters. The predicted molar refractivity (Wildman–Crippen MR) is 85.1 cm³/mol. The Morgan fingerprint density at radius 1 is 1.25 bits per heavy atom. The molecule has 3 rings (SSSR count). The van der Waals surface area contributed by atoms with Crippen molar-refractivity contribution in [3.05, 3.63) is 29.6 Å². The molecule has 20 heavy (non-hydrogen) atoms. The van der Waals surface area contributed by atoms with Gasteiger partial charge in [0, 0.05) is 5.41 Å². The van der Waals surface area contributed by atoms with Gasteiger partial charge in [0.15, 0.2) is 0 Å². The molecular formula is C18H26N2. The number of nitrogens with one attached hydrogen (secondary N) is 1. The normalized spacial score (nSPS) is 18.2. The van der Waals surface area contributed by atoms with Gasteiger partial charge in [0.1, 0.15) is 5.82 Å². The lowest BCUT2D eigenvalue weighted by molar-refractivity contribution is 0.332. The number of aryl methyl sites for hydroxylation is 1. The minimum absolute atomic E-state index is 0.305. The van der Waals surface area contributed by atoms with Gasteiger partial charge < -0.3 is 4.98 Å². The number of hydrogen-bond acceptors (Lipinski definition) is 1. The molecule has 1 aliphatic carbocycles. The molecule has 1 aromatic carbocycles. The summed E-state index contributed by atoms with van der Waals surface area (Å²) < 4.78 is 0. The van der Waals surface area contributed by atoms with E-state index >= 15 is 0 Å². The fraction of sp³-hybridized carbons (Fsp3) is 0.611. The van der Waals surface area contributed by atoms with Crippen molar-refractivity contribution in [2.24, 2.45) is 5.92 Å². The first kappa shape index (κ1) is 13.7. The molecule has 0 unspecified atom stereocenters. The van der Waals surface area contributed by atoms with Crippen LogP contribution < -0.4 is 0 Å². The lowest BCUT2D eigenvalue weighted by atomic mass is 9.78. The number of imidazole rings is 1. The Morgan fingerprint density at radius 2 is 2.00 bits per heavy atom. The van der Waals surface area contributed by atoms with E-state index < -0.39 is 0 Å². The van der Waals surface area contributed by atoms with Crippen LogP contribution in [0.25, 0.3) is 11.0 Å². The Kier molecular flexibility index (Phi) is 3.57. The van der Waals surface area contributed by atoms with Gasteiger partial charge in [-0.25, -0.2) is 4.98 Å². The van der Waals surface area contributed by atoms with Crippen LogP contribution in [-0.4, -0.2) is 9.97 Å². The van der Waals surface area contributed by atoms with Crippen molar-refractivity contribution in [3.8, 4) is 0 Å². The van der Waals surface area contributed by atoms with Gasteiger partial charge in [-0.3, -0.25) is 0 Å². The number of H-pyrrole nitrogens is 1. The highest BCUT2D eigenvalue weighted by Crippen LogP contribution is 2.44. The van der Waals surface area contributed by atoms with Crippen LogP contribution in [0.15, 0.2) is 18.2 Å². The van der Waals surface area contributed by atoms with E-state index in [1.807, 2.05) is 0 Å². The standard InChI is InChI=1S/C18H26N2/c1-4-14-7-8-15-16(11-14)20-17(19-15)18(12-13(2)3)9-5-6-10-18/h7-8,11,13H,4-6,9-10,12H2,1-3H3,(H,19,20). The number of nitrogens with zero attached hydrogens (tertiary/aromatic N) is 1. The molecule has 1 saturated carbocycles. The topological polar surface area (TPSA) is 28.7 Å². The van der Waals surface area contributed by atoms with E-state index in [0.29, 0.717) is 5.41 Å². The van der Waals surface area contributed by atoms with Crippen LogP contribution in [0.4, 0.5) is 0 Å². The van der Waals surface area contributed by atoms with Crippen molar-refractivity contribution in [3.63, 3.8) is 0 Å². The monoisotopic (exact) mass is 270 g/mol. The van der Waals surface area contributed by atoms with Crippen LogP contribution in [0.5, 0.6) is 0 Å². The molecule has 2 heteroatoms. The van der Waals surface area contributed by atoms with Crippen molar-refractivity contribution in [1.82, 2.24) is 9.97 Å². The van der Waals surface area contributed by atoms with Gasteiger partial charge in [-0.05, 0) is 49.3 Å². The van der Waals surface area contributed by atoms with Crippen molar-refractivity contribution in [2.75, 3.05) is 0 Å². The second kappa shape index (κ2) is 5.23. The number of aromatic nitrogens is 2. The highest BCUT2D eigenvalue weighted by molar-refractivity contribution is 5.76. The minimum Gasteiger partial charge on any atom is -0.341 e. The molecule has 0 aliphatic heterocycles. The summed E-state index contributed by atoms with van der Waals surface area (Å²) in [7, 11) is 0. The molecule has 1 heterocycles. The van der Waals surface area contributed by atoms with Crippen LogP contribution in [0.2, 0.25) is 0 Å². The quantitative estimate of drug-likeness (QED) is 0.833. The Balaban J connectivity index is 2.02. The summed E-state index contributed by atoms with van der Waals surface area (Å²) in [6, 6.07) is 6.65. The zero-order valence-electron chi connectivity index (χ0n) is 13.0. The second-order valence-corrected chi connectivity index (χ2v) is 6.88. The third-order valence-electron chi connectivity index (χ3n) is 4.82. The van der Waals surface area contributed by atoms with Gasteiger partial charge in [0.2, 0.25) is 0 Å². The summed E-state index contributed by atoms with van der Waals surface area (Å²) in [6.45, 7) is 6.87. The zero-order chi connectivity index (χ0) is 14.2. The summed E-state index contributed by atoms with van der Waals surface area (Å²) in [5.41, 5.74) is 4.04. The number of aromatic amines is 1. The Hall–Kier alpha value is -1.31. The Bertz CT molecular complexity index is 588. The number of benzene rings is 1. The predicted octanol–water partition coefficient (Wildman–Crippen LogP) is 4.98. The number of hydrogen-bond donors (Lipinski definition) is 1. The summed E-state index contributed by atoms with van der Waals surface area (Å²) in [5.74, 6) is 1.97. The molecule has 0 saturated heterocycles. The van der Waals surface area contributed by atoms with Crippen LogP contribution in [0.1, 0.15) is 64.3 Å². The van der Waals surface area contributed by atoms with Crippen LogP contribution in [0, 0.1) is 5.92 Å². The van der Waals surface area contributed by atoms with E-state index in [1.165, 1.54) is 49.0 Å². The molecule has 1 aromatic heterocycles. The summed E-state index contributed by atoms with van der Waals surface area (Å²) in [6.07, 6.45) is 7.64. The second-order valence-electron chi connectivity index (χ2n) is 6.88. The average Bonchev–Trinajstić information content (AvgIpc) is 3.03. The molecule has 0 amide bonds. The van der Waals surface area contributed by atoms with Gasteiger partial charge in [-0.2, -0.15) is 0 Å². The first-order valence-electron chi connectivity index (χ1n) is 8.12. The molecular weight excluding hydrogens is 244 g/mol. The van der Waals surface area contributed by atoms with Crippen molar-refractivity contribution < 1.29 is 0 Å². The molecule has 2 nitrogen and oxygen atoms in total. The van der Waals surface area contributed by atoms with Crippen LogP contribution in [0.3, 0.4) is 0 Å². The lowest BCUT2D eigenvalue weighted by Gasteiger charge is -2.28. The van der Waals surface area contributed by atoms with Gasteiger partial charge in [0.05, 0.1) is 11.0 Å². The molecule has 0 bridgehead atoms. The van der Waals surface area contributed by atoms with Gasteiger partial charge in [0.25, 0.3) is 0 Å². The summed E-state index contributed by atoms with van der Waals surface area (Å²) >= 11 is 0. The zero-order valence-corrected chi connectivity index (χ0v) is 13.0. The largest absolute Gasteiger partial charge is 0.341 e. The van der Waals surface area contributed by atoms with E-state index in [1.54, 1.807) is 0 Å². The fourth-order valence-corrected chi connectivity index (χ4v) is 3.90. The molecule has 2 aromatic rings. The van der Waals surface area contributed by atoms with Crippen LogP contribution >= 0.6 is 0 Å². The Morgan fingerprint density at radius 3 is 2.65 bits per heavy atom. The third-order valence-corrected chi connectivity index (χ3v) is 4.82. The number of fused-ring (bicyclic) bond motifs is 1. The van der Waals surface area contributed by atoms with Crippen LogP contribution in [-0.2, 0) is 11.8 Å².